The number of likely N-dealkylation sites (tertiary alicyclic amines) is 1. The van der Waals surface area contributed by atoms with Crippen molar-refractivity contribution in [3.63, 3.8) is 0 Å². The Hall–Kier alpha value is -3.27. The normalized spacial score (nSPS) is 17.6. The number of hydrogen-bond acceptors (Lipinski definition) is 4. The Kier molecular flexibility index (Phi) is 4.96. The van der Waals surface area contributed by atoms with E-state index in [0.717, 1.165) is 11.0 Å². The summed E-state index contributed by atoms with van der Waals surface area (Å²) in [5.74, 6) is -0.282. The maximum atomic E-state index is 13.5. The third-order valence-electron chi connectivity index (χ3n) is 5.72. The number of hydrogen-bond donors (Lipinski definition) is 0. The van der Waals surface area contributed by atoms with Gasteiger partial charge in [-0.1, -0.05) is 12.1 Å². The van der Waals surface area contributed by atoms with E-state index in [1.807, 2.05) is 4.90 Å². The highest BCUT2D eigenvalue weighted by Crippen LogP contribution is 2.33. The molecule has 10 heteroatoms. The van der Waals surface area contributed by atoms with E-state index in [2.05, 4.69) is 9.97 Å². The molecule has 0 aliphatic carbocycles. The molecule has 1 aromatic carbocycles. The molecular weight excluding hydrogens is 426 g/mol. The molecule has 4 aromatic rings. The standard InChI is InChI=1S/C22H19F4N5O/c23-14-7-8-19-27-15(12-30(19)10-14)11-29-9-3-6-18(29)20-28-17-5-2-1-4-16(17)21(32)31(20)13-22(24,25)26/h1-2,4-5,7-8,10,12,18H,3,6,9,11,13H2. The largest absolute Gasteiger partial charge is 0.406 e. The molecule has 1 fully saturated rings. The lowest BCUT2D eigenvalue weighted by Crippen LogP contribution is -2.35. The van der Waals surface area contributed by atoms with Crippen molar-refractivity contribution in [2.24, 2.45) is 0 Å². The lowest BCUT2D eigenvalue weighted by Gasteiger charge is -2.26. The van der Waals surface area contributed by atoms with Crippen LogP contribution in [0.5, 0.6) is 0 Å². The maximum absolute atomic E-state index is 13.5. The van der Waals surface area contributed by atoms with Gasteiger partial charge >= 0.3 is 6.18 Å². The number of rotatable bonds is 4. The monoisotopic (exact) mass is 445 g/mol. The van der Waals surface area contributed by atoms with Crippen molar-refractivity contribution in [2.75, 3.05) is 6.54 Å². The quantitative estimate of drug-likeness (QED) is 0.444. The van der Waals surface area contributed by atoms with Crippen molar-refractivity contribution >= 4 is 16.6 Å². The minimum atomic E-state index is -4.56. The molecule has 0 N–H and O–H groups in total. The van der Waals surface area contributed by atoms with Crippen LogP contribution in [0.2, 0.25) is 0 Å². The molecule has 0 radical (unpaired) electrons. The number of nitrogens with zero attached hydrogens (tertiary/aromatic N) is 5. The minimum Gasteiger partial charge on any atom is -0.304 e. The summed E-state index contributed by atoms with van der Waals surface area (Å²) >= 11 is 0. The van der Waals surface area contributed by atoms with Gasteiger partial charge in [-0.05, 0) is 43.7 Å². The van der Waals surface area contributed by atoms with Crippen molar-refractivity contribution in [3.05, 3.63) is 76.5 Å². The molecule has 0 spiro atoms. The summed E-state index contributed by atoms with van der Waals surface area (Å²) < 4.78 is 55.8. The summed E-state index contributed by atoms with van der Waals surface area (Å²) in [6.45, 7) is -0.415. The highest BCUT2D eigenvalue weighted by atomic mass is 19.4. The van der Waals surface area contributed by atoms with Gasteiger partial charge in [0.2, 0.25) is 0 Å². The second kappa shape index (κ2) is 7.70. The van der Waals surface area contributed by atoms with Crippen molar-refractivity contribution in [3.8, 4) is 0 Å². The molecule has 0 amide bonds. The lowest BCUT2D eigenvalue weighted by atomic mass is 10.1. The molecular formula is C22H19F4N5O. The van der Waals surface area contributed by atoms with E-state index in [9.17, 15) is 22.4 Å². The first kappa shape index (κ1) is 20.6. The van der Waals surface area contributed by atoms with Gasteiger partial charge in [-0.15, -0.1) is 0 Å². The summed E-state index contributed by atoms with van der Waals surface area (Å²) in [5.41, 5.74) is 0.918. The van der Waals surface area contributed by atoms with Crippen molar-refractivity contribution in [1.29, 1.82) is 0 Å². The Morgan fingerprint density at radius 2 is 1.88 bits per heavy atom. The second-order valence-corrected chi connectivity index (χ2v) is 7.97. The van der Waals surface area contributed by atoms with Crippen LogP contribution in [0.3, 0.4) is 0 Å². The second-order valence-electron chi connectivity index (χ2n) is 7.97. The molecule has 166 valence electrons. The Balaban J connectivity index is 1.55. The zero-order valence-electron chi connectivity index (χ0n) is 16.9. The van der Waals surface area contributed by atoms with E-state index in [-0.39, 0.29) is 11.2 Å². The van der Waals surface area contributed by atoms with Gasteiger partial charge in [-0.3, -0.25) is 14.3 Å². The Bertz CT molecular complexity index is 1360. The number of imidazole rings is 1. The first-order valence-corrected chi connectivity index (χ1v) is 10.2. The fraction of sp³-hybridized carbons (Fsp3) is 0.318. The number of benzene rings is 1. The van der Waals surface area contributed by atoms with Gasteiger partial charge in [-0.2, -0.15) is 13.2 Å². The molecule has 1 aliphatic rings. The molecule has 1 atom stereocenters. The SMILES string of the molecule is O=c1c2ccccc2nc(C2CCCN2Cc2cn3cc(F)ccc3n2)n1CC(F)(F)F. The number of aromatic nitrogens is 4. The molecule has 4 heterocycles. The summed E-state index contributed by atoms with van der Waals surface area (Å²) in [7, 11) is 0. The topological polar surface area (TPSA) is 55.4 Å². The average molecular weight is 445 g/mol. The van der Waals surface area contributed by atoms with Crippen LogP contribution in [0.25, 0.3) is 16.6 Å². The Morgan fingerprint density at radius 3 is 2.69 bits per heavy atom. The van der Waals surface area contributed by atoms with E-state index in [4.69, 9.17) is 0 Å². The lowest BCUT2D eigenvalue weighted by molar-refractivity contribution is -0.142. The molecule has 5 rings (SSSR count). The Morgan fingerprint density at radius 1 is 1.06 bits per heavy atom. The van der Waals surface area contributed by atoms with Gasteiger partial charge in [0.25, 0.3) is 5.56 Å². The molecule has 32 heavy (non-hydrogen) atoms. The van der Waals surface area contributed by atoms with Crippen molar-refractivity contribution < 1.29 is 17.6 Å². The van der Waals surface area contributed by atoms with Crippen LogP contribution in [-0.2, 0) is 13.1 Å². The fourth-order valence-electron chi connectivity index (χ4n) is 4.38. The van der Waals surface area contributed by atoms with Gasteiger partial charge in [0.05, 0.1) is 22.6 Å². The van der Waals surface area contributed by atoms with Gasteiger partial charge < -0.3 is 4.40 Å². The van der Waals surface area contributed by atoms with Gasteiger partial charge in [0.15, 0.2) is 0 Å². The van der Waals surface area contributed by atoms with Crippen molar-refractivity contribution in [2.45, 2.75) is 38.1 Å². The molecule has 1 saturated heterocycles. The van der Waals surface area contributed by atoms with Crippen LogP contribution in [0, 0.1) is 5.82 Å². The van der Waals surface area contributed by atoms with Gasteiger partial charge in [0, 0.05) is 18.9 Å². The van der Waals surface area contributed by atoms with Crippen LogP contribution in [-0.4, -0.2) is 36.6 Å². The maximum Gasteiger partial charge on any atom is 0.406 e. The van der Waals surface area contributed by atoms with Crippen LogP contribution in [0.4, 0.5) is 17.6 Å². The summed E-state index contributed by atoms with van der Waals surface area (Å²) in [6, 6.07) is 8.85. The highest BCUT2D eigenvalue weighted by Gasteiger charge is 2.35. The number of para-hydroxylation sites is 1. The van der Waals surface area contributed by atoms with E-state index < -0.39 is 30.1 Å². The molecule has 0 saturated carbocycles. The molecule has 0 bridgehead atoms. The zero-order valence-corrected chi connectivity index (χ0v) is 16.9. The van der Waals surface area contributed by atoms with E-state index >= 15 is 0 Å². The zero-order chi connectivity index (χ0) is 22.5. The average Bonchev–Trinajstić information content (AvgIpc) is 3.35. The third kappa shape index (κ3) is 3.86. The number of fused-ring (bicyclic) bond motifs is 2. The number of halogens is 4. The molecule has 6 nitrogen and oxygen atoms in total. The molecule has 3 aromatic heterocycles. The smallest absolute Gasteiger partial charge is 0.304 e. The number of pyridine rings is 1. The highest BCUT2D eigenvalue weighted by molar-refractivity contribution is 5.77. The van der Waals surface area contributed by atoms with Gasteiger partial charge in [-0.25, -0.2) is 14.4 Å². The summed E-state index contributed by atoms with van der Waals surface area (Å²) in [5, 5.41) is 0.160. The predicted molar refractivity (Wildman–Crippen MR) is 110 cm³/mol. The summed E-state index contributed by atoms with van der Waals surface area (Å²) in [6.07, 6.45) is -0.215. The number of alkyl halides is 3. The first-order chi connectivity index (χ1) is 15.3. The van der Waals surface area contributed by atoms with Crippen LogP contribution in [0.1, 0.15) is 30.4 Å². The fourth-order valence-corrected chi connectivity index (χ4v) is 4.38. The van der Waals surface area contributed by atoms with Crippen LogP contribution in [0.15, 0.2) is 53.6 Å². The third-order valence-corrected chi connectivity index (χ3v) is 5.72. The van der Waals surface area contributed by atoms with Crippen LogP contribution < -0.4 is 5.56 Å². The van der Waals surface area contributed by atoms with E-state index in [0.29, 0.717) is 36.4 Å². The molecule has 1 aliphatic heterocycles. The van der Waals surface area contributed by atoms with E-state index in [1.54, 1.807) is 34.9 Å². The van der Waals surface area contributed by atoms with Crippen LogP contribution >= 0.6 is 0 Å². The first-order valence-electron chi connectivity index (χ1n) is 10.2. The predicted octanol–water partition coefficient (Wildman–Crippen LogP) is 4.08. The van der Waals surface area contributed by atoms with E-state index in [1.165, 1.54) is 18.3 Å². The van der Waals surface area contributed by atoms with Crippen molar-refractivity contribution in [1.82, 2.24) is 23.8 Å². The minimum absolute atomic E-state index is 0.110. The Labute approximate surface area is 179 Å². The summed E-state index contributed by atoms with van der Waals surface area (Å²) in [4.78, 5) is 23.9. The molecule has 1 unspecified atom stereocenters. The van der Waals surface area contributed by atoms with Gasteiger partial charge in [0.1, 0.15) is 23.8 Å².